The molecule has 23 heavy (non-hydrogen) atoms. The Morgan fingerprint density at radius 1 is 1.00 bits per heavy atom. The molecule has 0 atom stereocenters. The molecule has 0 saturated carbocycles. The third kappa shape index (κ3) is 3.71. The fourth-order valence-corrected chi connectivity index (χ4v) is 4.79. The maximum absolute atomic E-state index is 12.5. The number of carbonyl (C=O) groups excluding carboxylic acids is 1. The first-order valence-corrected chi connectivity index (χ1v) is 10.0. The molecule has 1 fully saturated rings. The van der Waals surface area contributed by atoms with E-state index in [0.717, 1.165) is 0 Å². The monoisotopic (exact) mass is 361 g/mol. The van der Waals surface area contributed by atoms with E-state index >= 15 is 0 Å². The zero-order valence-corrected chi connectivity index (χ0v) is 14.1. The van der Waals surface area contributed by atoms with E-state index in [4.69, 9.17) is 0 Å². The Bertz CT molecular complexity index is 778. The normalized spacial score (nSPS) is 18.0. The van der Waals surface area contributed by atoms with Crippen molar-refractivity contribution in [2.75, 3.05) is 31.9 Å². The van der Waals surface area contributed by atoms with Gasteiger partial charge in [-0.15, -0.1) is 0 Å². The van der Waals surface area contributed by atoms with Gasteiger partial charge in [0.25, 0.3) is 0 Å². The van der Waals surface area contributed by atoms with Gasteiger partial charge in [-0.3, -0.25) is 0 Å². The maximum atomic E-state index is 12.5. The molecule has 1 aliphatic heterocycles. The van der Waals surface area contributed by atoms with Crippen molar-refractivity contribution in [2.24, 2.45) is 0 Å². The fraction of sp³-hybridized carbons (Fsp3) is 0.462. The fourth-order valence-electron chi connectivity index (χ4n) is 2.28. The Hall–Kier alpha value is -1.49. The molecule has 0 aromatic heterocycles. The molecule has 0 spiro atoms. The number of benzene rings is 1. The molecule has 10 heteroatoms. The highest BCUT2D eigenvalue weighted by Gasteiger charge is 2.32. The average molecular weight is 361 g/mol. The van der Waals surface area contributed by atoms with Crippen LogP contribution in [0.4, 0.5) is 0 Å². The number of rotatable bonds is 5. The zero-order valence-electron chi connectivity index (χ0n) is 12.5. The highest BCUT2D eigenvalue weighted by atomic mass is 32.2. The molecule has 8 nitrogen and oxygen atoms in total. The summed E-state index contributed by atoms with van der Waals surface area (Å²) in [5, 5.41) is 10.7. The van der Waals surface area contributed by atoms with Gasteiger partial charge in [-0.25, -0.2) is 16.8 Å². The summed E-state index contributed by atoms with van der Waals surface area (Å²) >= 11 is 0. The van der Waals surface area contributed by atoms with Crippen molar-refractivity contribution in [3.05, 3.63) is 29.8 Å². The Kier molecular flexibility index (Phi) is 5.09. The summed E-state index contributed by atoms with van der Waals surface area (Å²) in [5.74, 6) is -1.41. The highest BCUT2D eigenvalue weighted by Crippen LogP contribution is 2.19. The predicted molar refractivity (Wildman–Crippen MR) is 80.6 cm³/mol. The van der Waals surface area contributed by atoms with Crippen LogP contribution in [-0.2, 0) is 20.0 Å². The van der Waals surface area contributed by atoms with Gasteiger partial charge < -0.3 is 9.90 Å². The number of carboxylic acids is 1. The molecule has 0 unspecified atom stereocenters. The van der Waals surface area contributed by atoms with Crippen LogP contribution in [0.1, 0.15) is 17.3 Å². The Morgan fingerprint density at radius 2 is 1.48 bits per heavy atom. The van der Waals surface area contributed by atoms with E-state index in [1.54, 1.807) is 0 Å². The van der Waals surface area contributed by atoms with Gasteiger partial charge in [0.05, 0.1) is 16.6 Å². The minimum atomic E-state index is -3.78. The van der Waals surface area contributed by atoms with Crippen LogP contribution >= 0.6 is 0 Å². The van der Waals surface area contributed by atoms with Gasteiger partial charge in [0, 0.05) is 26.2 Å². The molecule has 1 aromatic rings. The average Bonchev–Trinajstić information content (AvgIpc) is 2.55. The number of nitrogens with zero attached hydrogens (tertiary/aromatic N) is 2. The van der Waals surface area contributed by atoms with Crippen LogP contribution in [0, 0.1) is 0 Å². The van der Waals surface area contributed by atoms with Gasteiger partial charge >= 0.3 is 0 Å². The minimum Gasteiger partial charge on any atom is -0.545 e. The number of aromatic carboxylic acids is 1. The number of piperazine rings is 1. The Balaban J connectivity index is 2.14. The van der Waals surface area contributed by atoms with Crippen molar-refractivity contribution in [3.63, 3.8) is 0 Å². The van der Waals surface area contributed by atoms with Crippen LogP contribution in [-0.4, -0.2) is 63.3 Å². The van der Waals surface area contributed by atoms with Crippen molar-refractivity contribution >= 4 is 26.0 Å². The summed E-state index contributed by atoms with van der Waals surface area (Å²) in [6, 6.07) is 4.74. The Labute approximate surface area is 135 Å². The Morgan fingerprint density at radius 3 is 1.91 bits per heavy atom. The highest BCUT2D eigenvalue weighted by molar-refractivity contribution is 7.89. The second kappa shape index (κ2) is 6.56. The number of hydrogen-bond acceptors (Lipinski definition) is 6. The largest absolute Gasteiger partial charge is 0.545 e. The summed E-state index contributed by atoms with van der Waals surface area (Å²) in [5.41, 5.74) is -0.109. The molecule has 1 aliphatic rings. The van der Waals surface area contributed by atoms with E-state index in [1.165, 1.54) is 39.8 Å². The van der Waals surface area contributed by atoms with Gasteiger partial charge in [-0.05, 0) is 24.6 Å². The molecule has 1 heterocycles. The van der Waals surface area contributed by atoms with E-state index in [9.17, 15) is 26.7 Å². The van der Waals surface area contributed by atoms with E-state index < -0.39 is 26.0 Å². The van der Waals surface area contributed by atoms with Crippen molar-refractivity contribution in [2.45, 2.75) is 11.8 Å². The number of carbonyl (C=O) groups is 1. The molecule has 0 amide bonds. The van der Waals surface area contributed by atoms with Crippen molar-refractivity contribution in [1.82, 2.24) is 8.61 Å². The summed E-state index contributed by atoms with van der Waals surface area (Å²) in [4.78, 5) is 10.7. The quantitative estimate of drug-likeness (QED) is 0.644. The van der Waals surface area contributed by atoms with Crippen molar-refractivity contribution in [1.29, 1.82) is 0 Å². The van der Waals surface area contributed by atoms with Gasteiger partial charge in [0.1, 0.15) is 0 Å². The third-order valence-corrected chi connectivity index (χ3v) is 7.48. The topological polar surface area (TPSA) is 115 Å². The number of carboxylic acid groups (broad SMARTS) is 1. The van der Waals surface area contributed by atoms with Gasteiger partial charge in [0.15, 0.2) is 0 Å². The second-order valence-electron chi connectivity index (χ2n) is 5.02. The molecule has 2 rings (SSSR count). The lowest BCUT2D eigenvalue weighted by molar-refractivity contribution is -0.255. The van der Waals surface area contributed by atoms with Crippen LogP contribution < -0.4 is 5.11 Å². The van der Waals surface area contributed by atoms with Crippen LogP contribution in [0.15, 0.2) is 29.2 Å². The molecular formula is C13H17N2O6S2-. The van der Waals surface area contributed by atoms with E-state index in [1.807, 2.05) is 0 Å². The standard InChI is InChI=1S/C13H18N2O6S2/c1-2-22(18,19)14-7-9-15(10-8-14)23(20,21)12-5-3-11(4-6-12)13(16)17/h3-6H,2,7-10H2,1H3,(H,16,17)/p-1. The predicted octanol–water partition coefficient (Wildman–Crippen LogP) is -1.29. The first-order chi connectivity index (χ1) is 10.7. The molecule has 0 bridgehead atoms. The molecular weight excluding hydrogens is 344 g/mol. The van der Waals surface area contributed by atoms with Crippen LogP contribution in [0.5, 0.6) is 0 Å². The number of sulfonamides is 2. The zero-order chi connectivity index (χ0) is 17.3. The van der Waals surface area contributed by atoms with E-state index in [-0.39, 0.29) is 42.4 Å². The summed E-state index contributed by atoms with van der Waals surface area (Å²) in [6.07, 6.45) is 0. The van der Waals surface area contributed by atoms with Crippen molar-refractivity contribution in [3.8, 4) is 0 Å². The van der Waals surface area contributed by atoms with Gasteiger partial charge in [0.2, 0.25) is 20.0 Å². The van der Waals surface area contributed by atoms with Crippen LogP contribution in [0.25, 0.3) is 0 Å². The maximum Gasteiger partial charge on any atom is 0.243 e. The summed E-state index contributed by atoms with van der Waals surface area (Å²) in [7, 11) is -7.11. The second-order valence-corrected chi connectivity index (χ2v) is 9.21. The third-order valence-electron chi connectivity index (χ3n) is 3.68. The first kappa shape index (κ1) is 17.9. The molecule has 0 N–H and O–H groups in total. The van der Waals surface area contributed by atoms with Crippen LogP contribution in [0.3, 0.4) is 0 Å². The molecule has 1 aromatic carbocycles. The van der Waals surface area contributed by atoms with Gasteiger partial charge in [-0.1, -0.05) is 12.1 Å². The van der Waals surface area contributed by atoms with Gasteiger partial charge in [-0.2, -0.15) is 8.61 Å². The summed E-state index contributed by atoms with van der Waals surface area (Å²) < 4.78 is 51.0. The minimum absolute atomic E-state index is 0.0234. The summed E-state index contributed by atoms with van der Waals surface area (Å²) in [6.45, 7) is 1.87. The lowest BCUT2D eigenvalue weighted by Crippen LogP contribution is -2.50. The lowest BCUT2D eigenvalue weighted by Gasteiger charge is -2.33. The molecule has 128 valence electrons. The SMILES string of the molecule is CCS(=O)(=O)N1CCN(S(=O)(=O)c2ccc(C(=O)[O-])cc2)CC1. The molecule has 1 saturated heterocycles. The van der Waals surface area contributed by atoms with E-state index in [2.05, 4.69) is 0 Å². The first-order valence-electron chi connectivity index (χ1n) is 6.98. The van der Waals surface area contributed by atoms with Crippen LogP contribution in [0.2, 0.25) is 0 Å². The van der Waals surface area contributed by atoms with Crippen molar-refractivity contribution < 1.29 is 26.7 Å². The number of hydrogen-bond donors (Lipinski definition) is 0. The van der Waals surface area contributed by atoms with E-state index in [0.29, 0.717) is 0 Å². The molecule has 0 radical (unpaired) electrons. The lowest BCUT2D eigenvalue weighted by atomic mass is 10.2. The smallest absolute Gasteiger partial charge is 0.243 e. The molecule has 0 aliphatic carbocycles.